The van der Waals surface area contributed by atoms with Gasteiger partial charge in [-0.25, -0.2) is 0 Å². The minimum atomic E-state index is 0.688. The van der Waals surface area contributed by atoms with E-state index >= 15 is 0 Å². The molecule has 1 aliphatic carbocycles. The van der Waals surface area contributed by atoms with Crippen molar-refractivity contribution < 1.29 is 0 Å². The lowest BCUT2D eigenvalue weighted by Gasteiger charge is -2.26. The molecule has 0 bridgehead atoms. The lowest BCUT2D eigenvalue weighted by molar-refractivity contribution is 0.326. The molecule has 16 heavy (non-hydrogen) atoms. The van der Waals surface area contributed by atoms with E-state index in [0.29, 0.717) is 6.04 Å². The summed E-state index contributed by atoms with van der Waals surface area (Å²) in [5, 5.41) is 3.85. The Balaban J connectivity index is 2.32. The standard InChI is InChI=1S/C15H31N/c1-5-12(3)13(4)16-15-9-7-8-14(6-2)10-11-15/h12-16H,5-11H2,1-4H3. The molecule has 1 nitrogen and oxygen atoms in total. The summed E-state index contributed by atoms with van der Waals surface area (Å²) in [5.41, 5.74) is 0. The molecule has 0 aromatic rings. The van der Waals surface area contributed by atoms with Crippen molar-refractivity contribution in [3.05, 3.63) is 0 Å². The number of hydrogen-bond donors (Lipinski definition) is 1. The summed E-state index contributed by atoms with van der Waals surface area (Å²) in [6.45, 7) is 9.36. The minimum absolute atomic E-state index is 0.688. The van der Waals surface area contributed by atoms with Crippen LogP contribution in [-0.4, -0.2) is 12.1 Å². The van der Waals surface area contributed by atoms with E-state index in [2.05, 4.69) is 33.0 Å². The molecule has 1 N–H and O–H groups in total. The van der Waals surface area contributed by atoms with Crippen LogP contribution in [0.3, 0.4) is 0 Å². The van der Waals surface area contributed by atoms with E-state index in [1.165, 1.54) is 44.9 Å². The van der Waals surface area contributed by atoms with Gasteiger partial charge in [0.1, 0.15) is 0 Å². The van der Waals surface area contributed by atoms with Gasteiger partial charge in [0.25, 0.3) is 0 Å². The lowest BCUT2D eigenvalue weighted by atomic mass is 9.97. The highest BCUT2D eigenvalue weighted by atomic mass is 14.9. The van der Waals surface area contributed by atoms with E-state index in [4.69, 9.17) is 0 Å². The highest BCUT2D eigenvalue weighted by Crippen LogP contribution is 2.26. The van der Waals surface area contributed by atoms with Crippen LogP contribution >= 0.6 is 0 Å². The maximum Gasteiger partial charge on any atom is 0.00697 e. The summed E-state index contributed by atoms with van der Waals surface area (Å²) in [4.78, 5) is 0. The molecule has 1 aliphatic rings. The van der Waals surface area contributed by atoms with Gasteiger partial charge in [0.15, 0.2) is 0 Å². The molecule has 0 aromatic heterocycles. The Morgan fingerprint density at radius 3 is 2.44 bits per heavy atom. The Morgan fingerprint density at radius 1 is 1.06 bits per heavy atom. The highest BCUT2D eigenvalue weighted by Gasteiger charge is 2.20. The van der Waals surface area contributed by atoms with E-state index in [1.54, 1.807) is 0 Å². The Kier molecular flexibility index (Phi) is 6.41. The van der Waals surface area contributed by atoms with Crippen molar-refractivity contribution in [1.29, 1.82) is 0 Å². The van der Waals surface area contributed by atoms with Crippen LogP contribution in [-0.2, 0) is 0 Å². The molecule has 0 saturated heterocycles. The number of hydrogen-bond acceptors (Lipinski definition) is 1. The zero-order chi connectivity index (χ0) is 12.0. The van der Waals surface area contributed by atoms with Gasteiger partial charge in [-0.3, -0.25) is 0 Å². The quantitative estimate of drug-likeness (QED) is 0.685. The van der Waals surface area contributed by atoms with E-state index < -0.39 is 0 Å². The van der Waals surface area contributed by atoms with Gasteiger partial charge in [-0.05, 0) is 38.0 Å². The predicted molar refractivity (Wildman–Crippen MR) is 72.7 cm³/mol. The van der Waals surface area contributed by atoms with Gasteiger partial charge in [-0.2, -0.15) is 0 Å². The molecule has 0 amide bonds. The average Bonchev–Trinajstić information content (AvgIpc) is 2.53. The molecule has 1 saturated carbocycles. The van der Waals surface area contributed by atoms with E-state index in [-0.39, 0.29) is 0 Å². The molecule has 1 fully saturated rings. The second kappa shape index (κ2) is 7.32. The Bertz CT molecular complexity index is 178. The zero-order valence-corrected chi connectivity index (χ0v) is 11.8. The first-order chi connectivity index (χ1) is 7.67. The molecule has 1 heteroatoms. The van der Waals surface area contributed by atoms with Crippen molar-refractivity contribution in [3.8, 4) is 0 Å². The van der Waals surface area contributed by atoms with Crippen LogP contribution in [0.15, 0.2) is 0 Å². The van der Waals surface area contributed by atoms with Crippen molar-refractivity contribution in [1.82, 2.24) is 5.32 Å². The molecule has 0 aliphatic heterocycles. The summed E-state index contributed by atoms with van der Waals surface area (Å²) in [6.07, 6.45) is 9.82. The number of rotatable bonds is 5. The minimum Gasteiger partial charge on any atom is -0.311 e. The SMILES string of the molecule is CCC1CCCC(NC(C)C(C)CC)CC1. The fourth-order valence-corrected chi connectivity index (χ4v) is 2.84. The van der Waals surface area contributed by atoms with Crippen LogP contribution < -0.4 is 5.32 Å². The lowest BCUT2D eigenvalue weighted by Crippen LogP contribution is -2.39. The first-order valence-electron chi connectivity index (χ1n) is 7.43. The topological polar surface area (TPSA) is 12.0 Å². The zero-order valence-electron chi connectivity index (χ0n) is 11.8. The second-order valence-corrected chi connectivity index (χ2v) is 5.82. The van der Waals surface area contributed by atoms with Gasteiger partial charge in [0.2, 0.25) is 0 Å². The third-order valence-electron chi connectivity index (χ3n) is 4.66. The number of nitrogens with one attached hydrogen (secondary N) is 1. The Hall–Kier alpha value is -0.0400. The second-order valence-electron chi connectivity index (χ2n) is 5.82. The molecular formula is C15H31N. The molecule has 1 rings (SSSR count). The summed E-state index contributed by atoms with van der Waals surface area (Å²) >= 11 is 0. The average molecular weight is 225 g/mol. The maximum atomic E-state index is 3.85. The highest BCUT2D eigenvalue weighted by molar-refractivity contribution is 4.78. The van der Waals surface area contributed by atoms with Crippen molar-refractivity contribution in [2.45, 2.75) is 84.7 Å². The predicted octanol–water partition coefficient (Wildman–Crippen LogP) is 4.37. The van der Waals surface area contributed by atoms with Crippen LogP contribution in [0.2, 0.25) is 0 Å². The van der Waals surface area contributed by atoms with E-state index in [1.807, 2.05) is 0 Å². The third kappa shape index (κ3) is 4.45. The summed E-state index contributed by atoms with van der Waals surface area (Å²) in [5.74, 6) is 1.82. The van der Waals surface area contributed by atoms with Gasteiger partial charge in [0, 0.05) is 12.1 Å². The van der Waals surface area contributed by atoms with Crippen LogP contribution in [0.25, 0.3) is 0 Å². The molecule has 96 valence electrons. The largest absolute Gasteiger partial charge is 0.311 e. The Morgan fingerprint density at radius 2 is 1.81 bits per heavy atom. The fraction of sp³-hybridized carbons (Fsp3) is 1.00. The summed E-state index contributed by atoms with van der Waals surface area (Å²) < 4.78 is 0. The normalized spacial score (nSPS) is 30.8. The van der Waals surface area contributed by atoms with Gasteiger partial charge in [-0.1, -0.05) is 46.5 Å². The molecule has 0 heterocycles. The molecule has 4 atom stereocenters. The summed E-state index contributed by atoms with van der Waals surface area (Å²) in [6, 6.07) is 1.48. The fourth-order valence-electron chi connectivity index (χ4n) is 2.84. The maximum absolute atomic E-state index is 3.85. The van der Waals surface area contributed by atoms with Crippen molar-refractivity contribution in [2.24, 2.45) is 11.8 Å². The first-order valence-corrected chi connectivity index (χ1v) is 7.43. The monoisotopic (exact) mass is 225 g/mol. The third-order valence-corrected chi connectivity index (χ3v) is 4.66. The van der Waals surface area contributed by atoms with Crippen LogP contribution in [0.4, 0.5) is 0 Å². The first kappa shape index (κ1) is 14.0. The molecular weight excluding hydrogens is 194 g/mol. The van der Waals surface area contributed by atoms with Gasteiger partial charge in [-0.15, -0.1) is 0 Å². The molecule has 0 aromatic carbocycles. The molecule has 0 radical (unpaired) electrons. The van der Waals surface area contributed by atoms with Crippen molar-refractivity contribution in [2.75, 3.05) is 0 Å². The van der Waals surface area contributed by atoms with E-state index in [9.17, 15) is 0 Å². The van der Waals surface area contributed by atoms with Crippen LogP contribution in [0, 0.1) is 11.8 Å². The smallest absolute Gasteiger partial charge is 0.00697 e. The van der Waals surface area contributed by atoms with E-state index in [0.717, 1.165) is 17.9 Å². The Labute approximate surface area is 102 Å². The van der Waals surface area contributed by atoms with Crippen molar-refractivity contribution >= 4 is 0 Å². The van der Waals surface area contributed by atoms with Gasteiger partial charge in [0.05, 0.1) is 0 Å². The molecule has 0 spiro atoms. The van der Waals surface area contributed by atoms with Crippen LogP contribution in [0.1, 0.15) is 72.6 Å². The van der Waals surface area contributed by atoms with Gasteiger partial charge >= 0.3 is 0 Å². The molecule has 4 unspecified atom stereocenters. The van der Waals surface area contributed by atoms with Crippen molar-refractivity contribution in [3.63, 3.8) is 0 Å². The van der Waals surface area contributed by atoms with Crippen LogP contribution in [0.5, 0.6) is 0 Å². The summed E-state index contributed by atoms with van der Waals surface area (Å²) in [7, 11) is 0. The van der Waals surface area contributed by atoms with Gasteiger partial charge < -0.3 is 5.32 Å².